The lowest BCUT2D eigenvalue weighted by molar-refractivity contribution is 0.0946. The molecule has 0 radical (unpaired) electrons. The second-order valence-electron chi connectivity index (χ2n) is 4.43. The highest BCUT2D eigenvalue weighted by Gasteiger charge is 2.15. The Morgan fingerprint density at radius 2 is 2.17 bits per heavy atom. The maximum Gasteiger partial charge on any atom is 0.251 e. The van der Waals surface area contributed by atoms with Crippen molar-refractivity contribution >= 4 is 33.6 Å². The lowest BCUT2D eigenvalue weighted by atomic mass is 10.0. The largest absolute Gasteiger partial charge is 0.507 e. The summed E-state index contributed by atoms with van der Waals surface area (Å²) >= 11 is 5.18. The maximum absolute atomic E-state index is 11.9. The number of hydrogen-bond donors (Lipinski definition) is 2. The number of nitrogens with one attached hydrogen (secondary N) is 1. The summed E-state index contributed by atoms with van der Waals surface area (Å²) in [6, 6.07) is 4.87. The van der Waals surface area contributed by atoms with Crippen molar-refractivity contribution in [2.45, 2.75) is 12.8 Å². The van der Waals surface area contributed by atoms with Crippen LogP contribution in [-0.4, -0.2) is 29.1 Å². The summed E-state index contributed by atoms with van der Waals surface area (Å²) in [6.45, 7) is 0.732. The highest BCUT2D eigenvalue weighted by atomic mass is 79.9. The molecule has 0 bridgehead atoms. The van der Waals surface area contributed by atoms with Gasteiger partial charge >= 0.3 is 0 Å². The van der Waals surface area contributed by atoms with Gasteiger partial charge in [-0.3, -0.25) is 4.79 Å². The molecule has 1 aromatic rings. The van der Waals surface area contributed by atoms with Gasteiger partial charge in [-0.05, 0) is 64.4 Å². The van der Waals surface area contributed by atoms with E-state index in [0.717, 1.165) is 6.54 Å². The summed E-state index contributed by atoms with van der Waals surface area (Å²) in [7, 11) is 0. The average molecular weight is 330 g/mol. The number of phenols is 1. The molecule has 0 aliphatic carbocycles. The Balaban J connectivity index is 1.88. The van der Waals surface area contributed by atoms with Crippen LogP contribution in [0, 0.1) is 5.92 Å². The molecule has 18 heavy (non-hydrogen) atoms. The molecule has 98 valence electrons. The number of thioether (sulfide) groups is 1. The minimum atomic E-state index is -0.115. The number of hydrogen-bond acceptors (Lipinski definition) is 3. The highest BCUT2D eigenvalue weighted by molar-refractivity contribution is 9.10. The fourth-order valence-electron chi connectivity index (χ4n) is 1.94. The second kappa shape index (κ2) is 6.48. The highest BCUT2D eigenvalue weighted by Crippen LogP contribution is 2.25. The quantitative estimate of drug-likeness (QED) is 0.896. The van der Waals surface area contributed by atoms with E-state index in [4.69, 9.17) is 0 Å². The van der Waals surface area contributed by atoms with Gasteiger partial charge in [-0.2, -0.15) is 11.8 Å². The number of aromatic hydroxyl groups is 1. The molecule has 1 aliphatic heterocycles. The molecular weight excluding hydrogens is 314 g/mol. The topological polar surface area (TPSA) is 49.3 Å². The Bertz CT molecular complexity index is 433. The molecule has 0 saturated carbocycles. The van der Waals surface area contributed by atoms with Crippen molar-refractivity contribution in [1.29, 1.82) is 0 Å². The minimum Gasteiger partial charge on any atom is -0.507 e. The summed E-state index contributed by atoms with van der Waals surface area (Å²) in [6.07, 6.45) is 2.35. The zero-order valence-corrected chi connectivity index (χ0v) is 12.4. The summed E-state index contributed by atoms with van der Waals surface area (Å²) in [4.78, 5) is 11.9. The van der Waals surface area contributed by atoms with E-state index < -0.39 is 0 Å². The summed E-state index contributed by atoms with van der Waals surface area (Å²) < 4.78 is 0.600. The van der Waals surface area contributed by atoms with Crippen LogP contribution in [0.4, 0.5) is 0 Å². The maximum atomic E-state index is 11.9. The summed E-state index contributed by atoms with van der Waals surface area (Å²) in [5, 5.41) is 12.5. The molecule has 0 atom stereocenters. The van der Waals surface area contributed by atoms with Crippen molar-refractivity contribution in [2.75, 3.05) is 18.1 Å². The van der Waals surface area contributed by atoms with Crippen LogP contribution in [0.25, 0.3) is 0 Å². The van der Waals surface area contributed by atoms with Crippen LogP contribution < -0.4 is 5.32 Å². The van der Waals surface area contributed by atoms with Crippen molar-refractivity contribution in [1.82, 2.24) is 5.32 Å². The second-order valence-corrected chi connectivity index (χ2v) is 6.51. The lowest BCUT2D eigenvalue weighted by Gasteiger charge is -2.21. The van der Waals surface area contributed by atoms with Gasteiger partial charge in [0.1, 0.15) is 5.75 Å². The van der Waals surface area contributed by atoms with Gasteiger partial charge in [-0.25, -0.2) is 0 Å². The average Bonchev–Trinajstić information content (AvgIpc) is 2.40. The van der Waals surface area contributed by atoms with E-state index in [1.165, 1.54) is 30.4 Å². The number of amides is 1. The fraction of sp³-hybridized carbons (Fsp3) is 0.462. The Morgan fingerprint density at radius 3 is 2.83 bits per heavy atom. The molecule has 5 heteroatoms. The van der Waals surface area contributed by atoms with E-state index >= 15 is 0 Å². The van der Waals surface area contributed by atoms with Gasteiger partial charge < -0.3 is 10.4 Å². The third-order valence-electron chi connectivity index (χ3n) is 3.10. The molecule has 1 aromatic carbocycles. The number of halogens is 1. The zero-order valence-electron chi connectivity index (χ0n) is 9.99. The van der Waals surface area contributed by atoms with Gasteiger partial charge in [0.2, 0.25) is 0 Å². The lowest BCUT2D eigenvalue weighted by Crippen LogP contribution is -2.30. The Labute approximate surface area is 119 Å². The number of carbonyl (C=O) groups excluding carboxylic acids is 1. The van der Waals surface area contributed by atoms with E-state index in [2.05, 4.69) is 21.2 Å². The van der Waals surface area contributed by atoms with Gasteiger partial charge in [0.25, 0.3) is 5.91 Å². The standard InChI is InChI=1S/C13H16BrNO2S/c14-11-2-1-10(7-12(11)16)13(17)15-8-9-3-5-18-6-4-9/h1-2,7,9,16H,3-6,8H2,(H,15,17). The third kappa shape index (κ3) is 3.65. The summed E-state index contributed by atoms with van der Waals surface area (Å²) in [5.74, 6) is 2.96. The van der Waals surface area contributed by atoms with Gasteiger partial charge in [-0.1, -0.05) is 0 Å². The molecule has 2 rings (SSSR count). The van der Waals surface area contributed by atoms with E-state index in [9.17, 15) is 9.90 Å². The van der Waals surface area contributed by atoms with Crippen molar-refractivity contribution in [3.8, 4) is 5.75 Å². The number of rotatable bonds is 3. The van der Waals surface area contributed by atoms with Crippen molar-refractivity contribution < 1.29 is 9.90 Å². The van der Waals surface area contributed by atoms with Gasteiger partial charge in [0.15, 0.2) is 0 Å². The predicted octanol–water partition coefficient (Wildman–Crippen LogP) is 3.03. The molecule has 1 aliphatic rings. The molecule has 3 nitrogen and oxygen atoms in total. The first-order valence-electron chi connectivity index (χ1n) is 6.01. The van der Waals surface area contributed by atoms with E-state index in [1.807, 2.05) is 11.8 Å². The molecule has 0 aromatic heterocycles. The molecule has 1 saturated heterocycles. The number of benzene rings is 1. The van der Waals surface area contributed by atoms with Crippen LogP contribution in [0.5, 0.6) is 5.75 Å². The zero-order chi connectivity index (χ0) is 13.0. The van der Waals surface area contributed by atoms with Crippen LogP contribution in [-0.2, 0) is 0 Å². The molecule has 0 spiro atoms. The summed E-state index contributed by atoms with van der Waals surface area (Å²) in [5.41, 5.74) is 0.501. The van der Waals surface area contributed by atoms with E-state index in [0.29, 0.717) is 16.0 Å². The Hall–Kier alpha value is -0.680. The third-order valence-corrected chi connectivity index (χ3v) is 4.82. The van der Waals surface area contributed by atoms with Crippen LogP contribution in [0.15, 0.2) is 22.7 Å². The van der Waals surface area contributed by atoms with Crippen molar-refractivity contribution in [3.63, 3.8) is 0 Å². The van der Waals surface area contributed by atoms with E-state index in [-0.39, 0.29) is 11.7 Å². The first-order valence-corrected chi connectivity index (χ1v) is 7.96. The Morgan fingerprint density at radius 1 is 1.44 bits per heavy atom. The van der Waals surface area contributed by atoms with Crippen LogP contribution in [0.2, 0.25) is 0 Å². The molecule has 1 amide bonds. The van der Waals surface area contributed by atoms with Crippen LogP contribution >= 0.6 is 27.7 Å². The first-order chi connectivity index (χ1) is 8.66. The minimum absolute atomic E-state index is 0.0942. The number of carbonyl (C=O) groups is 1. The smallest absolute Gasteiger partial charge is 0.251 e. The van der Waals surface area contributed by atoms with Crippen molar-refractivity contribution in [3.05, 3.63) is 28.2 Å². The predicted molar refractivity (Wildman–Crippen MR) is 78.2 cm³/mol. The molecule has 1 fully saturated rings. The Kier molecular flexibility index (Phi) is 4.95. The molecule has 2 N–H and O–H groups in total. The van der Waals surface area contributed by atoms with Gasteiger partial charge in [0, 0.05) is 12.1 Å². The molecular formula is C13H16BrNO2S. The number of phenolic OH excluding ortho intramolecular Hbond substituents is 1. The van der Waals surface area contributed by atoms with Crippen molar-refractivity contribution in [2.24, 2.45) is 5.92 Å². The monoisotopic (exact) mass is 329 g/mol. The first kappa shape index (κ1) is 13.7. The van der Waals surface area contributed by atoms with E-state index in [1.54, 1.807) is 12.1 Å². The molecule has 0 unspecified atom stereocenters. The van der Waals surface area contributed by atoms with Crippen LogP contribution in [0.3, 0.4) is 0 Å². The molecule has 1 heterocycles. The van der Waals surface area contributed by atoms with Gasteiger partial charge in [-0.15, -0.1) is 0 Å². The van der Waals surface area contributed by atoms with Crippen LogP contribution in [0.1, 0.15) is 23.2 Å². The normalized spacial score (nSPS) is 16.5. The van der Waals surface area contributed by atoms with Gasteiger partial charge in [0.05, 0.1) is 4.47 Å². The fourth-order valence-corrected chi connectivity index (χ4v) is 3.39. The SMILES string of the molecule is O=C(NCC1CCSCC1)c1ccc(Br)c(O)c1.